The van der Waals surface area contributed by atoms with Crippen molar-refractivity contribution in [1.29, 1.82) is 0 Å². The van der Waals surface area contributed by atoms with Crippen molar-refractivity contribution in [1.82, 2.24) is 0 Å². The first-order chi connectivity index (χ1) is 31.7. The molecule has 1 heterocycles. The van der Waals surface area contributed by atoms with Gasteiger partial charge in [-0.1, -0.05) is 185 Å². The third kappa shape index (κ3) is 4.99. The van der Waals surface area contributed by atoms with Gasteiger partial charge in [0.1, 0.15) is 11.2 Å². The predicted molar refractivity (Wildman–Crippen MR) is 275 cm³/mol. The van der Waals surface area contributed by atoms with Gasteiger partial charge in [-0.3, -0.25) is 0 Å². The maximum Gasteiger partial charge on any atom is 0.136 e. The van der Waals surface area contributed by atoms with Crippen molar-refractivity contribution in [3.05, 3.63) is 216 Å². The van der Waals surface area contributed by atoms with Crippen molar-refractivity contribution in [2.45, 2.75) is 38.5 Å². The number of para-hydroxylation sites is 1. The van der Waals surface area contributed by atoms with Crippen LogP contribution < -0.4 is 0 Å². The van der Waals surface area contributed by atoms with Gasteiger partial charge in [0.15, 0.2) is 0 Å². The standard InChI is InChI=1S/C64H44O/c1-63(2)54-30-27-41(60-46-18-7-9-20-48(46)61(49-21-10-8-19-47(49)60)45-22-13-15-37-14-5-6-16-42(37)45)32-52(54)43-28-24-38(33-56(43)63)39-25-29-50-57(34-39)64(3,4)55-31-26-40-35-59-53(36-51(40)62(50)55)44-17-11-12-23-58(44)65-59/h5-36H,1-4H3. The summed E-state index contributed by atoms with van der Waals surface area (Å²) in [5, 5.41) is 12.5. The van der Waals surface area contributed by atoms with E-state index in [-0.39, 0.29) is 10.8 Å². The monoisotopic (exact) mass is 828 g/mol. The molecule has 0 spiro atoms. The normalized spacial score (nSPS) is 14.4. The molecule has 12 aromatic rings. The fourth-order valence-corrected chi connectivity index (χ4v) is 12.2. The SMILES string of the molecule is CC1(C)c2ccc(-c3c4ccccc4c(-c4cccc5ccccc45)c4ccccc34)cc2-c2ccc(-c3ccc4c(c3)C(C)(C)c3ccc5cc6oc7ccccc7c6cc5c3-4)cc21. The number of rotatable bonds is 3. The molecule has 0 saturated heterocycles. The molecular formula is C64H44O. The highest BCUT2D eigenvalue weighted by atomic mass is 16.3. The Bertz CT molecular complexity index is 4000. The van der Waals surface area contributed by atoms with Crippen molar-refractivity contribution in [2.75, 3.05) is 0 Å². The van der Waals surface area contributed by atoms with E-state index in [0.29, 0.717) is 0 Å². The minimum Gasteiger partial charge on any atom is -0.456 e. The van der Waals surface area contributed by atoms with Crippen LogP contribution in [0.2, 0.25) is 0 Å². The van der Waals surface area contributed by atoms with E-state index in [1.165, 1.54) is 132 Å². The van der Waals surface area contributed by atoms with E-state index in [1.807, 2.05) is 6.07 Å². The molecule has 0 fully saturated rings. The lowest BCUT2D eigenvalue weighted by Gasteiger charge is -2.23. The van der Waals surface area contributed by atoms with Crippen LogP contribution >= 0.6 is 0 Å². The highest BCUT2D eigenvalue weighted by molar-refractivity contribution is 6.24. The molecule has 65 heavy (non-hydrogen) atoms. The summed E-state index contributed by atoms with van der Waals surface area (Å²) in [6.45, 7) is 9.59. The second kappa shape index (κ2) is 12.9. The molecule has 0 N–H and O–H groups in total. The van der Waals surface area contributed by atoms with E-state index in [4.69, 9.17) is 4.42 Å². The molecule has 1 nitrogen and oxygen atoms in total. The van der Waals surface area contributed by atoms with E-state index in [0.717, 1.165) is 11.2 Å². The largest absolute Gasteiger partial charge is 0.456 e. The summed E-state index contributed by atoms with van der Waals surface area (Å²) in [6, 6.07) is 72.8. The first-order valence-electron chi connectivity index (χ1n) is 23.0. The molecule has 0 amide bonds. The van der Waals surface area contributed by atoms with Crippen molar-refractivity contribution in [2.24, 2.45) is 0 Å². The second-order valence-corrected chi connectivity index (χ2v) is 19.6. The zero-order chi connectivity index (χ0) is 43.3. The topological polar surface area (TPSA) is 13.1 Å². The highest BCUT2D eigenvalue weighted by Crippen LogP contribution is 2.55. The van der Waals surface area contributed by atoms with Crippen molar-refractivity contribution in [3.63, 3.8) is 0 Å². The van der Waals surface area contributed by atoms with Crippen molar-refractivity contribution in [3.8, 4) is 55.6 Å². The van der Waals surface area contributed by atoms with Crippen LogP contribution in [0.4, 0.5) is 0 Å². The quantitative estimate of drug-likeness (QED) is 0.162. The van der Waals surface area contributed by atoms with E-state index in [2.05, 4.69) is 216 Å². The summed E-state index contributed by atoms with van der Waals surface area (Å²) in [7, 11) is 0. The molecule has 0 unspecified atom stereocenters. The van der Waals surface area contributed by atoms with Crippen LogP contribution in [-0.4, -0.2) is 0 Å². The molecule has 0 atom stereocenters. The highest BCUT2D eigenvalue weighted by Gasteiger charge is 2.38. The van der Waals surface area contributed by atoms with Gasteiger partial charge in [-0.2, -0.15) is 0 Å². The molecule has 0 radical (unpaired) electrons. The smallest absolute Gasteiger partial charge is 0.136 e. The summed E-state index contributed by atoms with van der Waals surface area (Å²) < 4.78 is 6.31. The van der Waals surface area contributed by atoms with Gasteiger partial charge in [0.2, 0.25) is 0 Å². The summed E-state index contributed by atoms with van der Waals surface area (Å²) in [6.07, 6.45) is 0. The molecule has 14 rings (SSSR count). The van der Waals surface area contributed by atoms with Gasteiger partial charge in [-0.05, 0) is 157 Å². The molecule has 1 aromatic heterocycles. The Kier molecular flexibility index (Phi) is 7.30. The maximum atomic E-state index is 6.31. The Morgan fingerprint density at radius 3 is 1.58 bits per heavy atom. The average molecular weight is 829 g/mol. The zero-order valence-electron chi connectivity index (χ0n) is 36.9. The number of benzene rings is 11. The maximum absolute atomic E-state index is 6.31. The van der Waals surface area contributed by atoms with Crippen LogP contribution in [0.25, 0.3) is 121 Å². The lowest BCUT2D eigenvalue weighted by atomic mass is 9.80. The van der Waals surface area contributed by atoms with Crippen LogP contribution in [0.15, 0.2) is 199 Å². The summed E-state index contributed by atoms with van der Waals surface area (Å²) in [5.74, 6) is 0. The van der Waals surface area contributed by atoms with Crippen molar-refractivity contribution < 1.29 is 4.42 Å². The summed E-state index contributed by atoms with van der Waals surface area (Å²) >= 11 is 0. The van der Waals surface area contributed by atoms with Crippen LogP contribution in [0, 0.1) is 0 Å². The third-order valence-electron chi connectivity index (χ3n) is 15.4. The molecule has 11 aromatic carbocycles. The van der Waals surface area contributed by atoms with E-state index in [1.54, 1.807) is 0 Å². The van der Waals surface area contributed by atoms with Gasteiger partial charge in [0, 0.05) is 21.6 Å². The summed E-state index contributed by atoms with van der Waals surface area (Å²) in [4.78, 5) is 0. The van der Waals surface area contributed by atoms with Crippen LogP contribution in [0.5, 0.6) is 0 Å². The van der Waals surface area contributed by atoms with Crippen LogP contribution in [-0.2, 0) is 10.8 Å². The first kappa shape index (κ1) is 36.7. The number of hydrogen-bond acceptors (Lipinski definition) is 1. The van der Waals surface area contributed by atoms with E-state index in [9.17, 15) is 0 Å². The second-order valence-electron chi connectivity index (χ2n) is 19.6. The predicted octanol–water partition coefficient (Wildman–Crippen LogP) is 17.8. The number of furan rings is 1. The van der Waals surface area contributed by atoms with Gasteiger partial charge in [0.25, 0.3) is 0 Å². The van der Waals surface area contributed by atoms with Gasteiger partial charge in [0.05, 0.1) is 0 Å². The molecule has 1 heteroatoms. The lowest BCUT2D eigenvalue weighted by Crippen LogP contribution is -2.15. The van der Waals surface area contributed by atoms with Gasteiger partial charge >= 0.3 is 0 Å². The fraction of sp³-hybridized carbons (Fsp3) is 0.0938. The Balaban J connectivity index is 0.893. The van der Waals surface area contributed by atoms with Gasteiger partial charge < -0.3 is 4.42 Å². The number of fused-ring (bicyclic) bond motifs is 14. The zero-order valence-corrected chi connectivity index (χ0v) is 36.9. The fourth-order valence-electron chi connectivity index (χ4n) is 12.2. The lowest BCUT2D eigenvalue weighted by molar-refractivity contribution is 0.660. The Labute approximate surface area is 378 Å². The summed E-state index contributed by atoms with van der Waals surface area (Å²) in [5.41, 5.74) is 20.1. The Morgan fingerprint density at radius 1 is 0.277 bits per heavy atom. The number of hydrogen-bond donors (Lipinski definition) is 0. The van der Waals surface area contributed by atoms with Gasteiger partial charge in [-0.25, -0.2) is 0 Å². The van der Waals surface area contributed by atoms with Crippen molar-refractivity contribution >= 4 is 65.0 Å². The molecule has 2 aliphatic carbocycles. The Morgan fingerprint density at radius 2 is 0.846 bits per heavy atom. The Hall–Kier alpha value is -7.74. The molecule has 0 bridgehead atoms. The molecule has 0 saturated carbocycles. The minimum atomic E-state index is -0.157. The minimum absolute atomic E-state index is 0.146. The third-order valence-corrected chi connectivity index (χ3v) is 15.4. The van der Waals surface area contributed by atoms with Crippen LogP contribution in [0.3, 0.4) is 0 Å². The molecular weight excluding hydrogens is 785 g/mol. The molecule has 0 aliphatic heterocycles. The average Bonchev–Trinajstić information content (AvgIpc) is 3.90. The first-order valence-corrected chi connectivity index (χ1v) is 23.0. The molecule has 306 valence electrons. The van der Waals surface area contributed by atoms with E-state index < -0.39 is 0 Å². The molecule has 2 aliphatic rings. The van der Waals surface area contributed by atoms with Gasteiger partial charge in [-0.15, -0.1) is 0 Å². The van der Waals surface area contributed by atoms with E-state index >= 15 is 0 Å². The van der Waals surface area contributed by atoms with Crippen LogP contribution in [0.1, 0.15) is 49.9 Å².